The quantitative estimate of drug-likeness (QED) is 0.696. The lowest BCUT2D eigenvalue weighted by Gasteiger charge is -2.15. The zero-order valence-electron chi connectivity index (χ0n) is 11.6. The first-order chi connectivity index (χ1) is 9.51. The van der Waals surface area contributed by atoms with Crippen LogP contribution in [0.2, 0.25) is 0 Å². The maximum atomic E-state index is 11.8. The first-order valence-corrected chi connectivity index (χ1v) is 6.84. The van der Waals surface area contributed by atoms with Gasteiger partial charge in [-0.25, -0.2) is 4.79 Å². The van der Waals surface area contributed by atoms with Crippen LogP contribution < -0.4 is 10.6 Å². The minimum absolute atomic E-state index is 0.0736. The van der Waals surface area contributed by atoms with E-state index >= 15 is 0 Å². The monoisotopic (exact) mass is 276 g/mol. The van der Waals surface area contributed by atoms with Gasteiger partial charge in [-0.1, -0.05) is 30.3 Å². The van der Waals surface area contributed by atoms with Crippen molar-refractivity contribution in [3.8, 4) is 0 Å². The Labute approximate surface area is 118 Å². The second-order valence-electron chi connectivity index (χ2n) is 5.46. The minimum atomic E-state index is -0.842. The van der Waals surface area contributed by atoms with Crippen LogP contribution in [0.3, 0.4) is 0 Å². The predicted molar refractivity (Wildman–Crippen MR) is 75.6 cm³/mol. The molecule has 5 heteroatoms. The average molecular weight is 276 g/mol. The summed E-state index contributed by atoms with van der Waals surface area (Å²) in [5.41, 5.74) is 1.04. The third kappa shape index (κ3) is 3.73. The van der Waals surface area contributed by atoms with E-state index in [-0.39, 0.29) is 18.0 Å². The van der Waals surface area contributed by atoms with Crippen molar-refractivity contribution in [2.75, 3.05) is 6.54 Å². The van der Waals surface area contributed by atoms with Gasteiger partial charge < -0.3 is 15.7 Å². The fourth-order valence-corrected chi connectivity index (χ4v) is 2.42. The number of carbonyl (C=O) groups excluding carboxylic acids is 1. The molecule has 0 radical (unpaired) electrons. The van der Waals surface area contributed by atoms with Crippen molar-refractivity contribution < 1.29 is 14.7 Å². The number of hydrogen-bond donors (Lipinski definition) is 3. The highest BCUT2D eigenvalue weighted by Crippen LogP contribution is 2.50. The third-order valence-electron chi connectivity index (χ3n) is 3.69. The SMILES string of the molecule is C[C@@]1(NC(=O)NCCCC(=O)O)C[C@H]1c1ccccc1. The number of aliphatic carboxylic acids is 1. The van der Waals surface area contributed by atoms with Gasteiger partial charge in [0.25, 0.3) is 0 Å². The van der Waals surface area contributed by atoms with Gasteiger partial charge in [-0.3, -0.25) is 4.79 Å². The molecule has 0 spiro atoms. The van der Waals surface area contributed by atoms with Gasteiger partial charge in [0.1, 0.15) is 0 Å². The van der Waals surface area contributed by atoms with E-state index in [2.05, 4.69) is 22.8 Å². The summed E-state index contributed by atoms with van der Waals surface area (Å²) in [6.07, 6.45) is 1.45. The molecule has 20 heavy (non-hydrogen) atoms. The van der Waals surface area contributed by atoms with Gasteiger partial charge in [0.05, 0.1) is 0 Å². The Kier molecular flexibility index (Phi) is 4.27. The van der Waals surface area contributed by atoms with Crippen LogP contribution in [0, 0.1) is 0 Å². The molecule has 0 bridgehead atoms. The van der Waals surface area contributed by atoms with Crippen molar-refractivity contribution >= 4 is 12.0 Å². The van der Waals surface area contributed by atoms with Crippen LogP contribution in [0.5, 0.6) is 0 Å². The van der Waals surface area contributed by atoms with Crippen molar-refractivity contribution in [3.05, 3.63) is 35.9 Å². The largest absolute Gasteiger partial charge is 0.481 e. The lowest BCUT2D eigenvalue weighted by atomic mass is 10.1. The molecule has 0 aliphatic heterocycles. The summed E-state index contributed by atoms with van der Waals surface area (Å²) in [6, 6.07) is 9.90. The molecule has 1 aliphatic carbocycles. The average Bonchev–Trinajstić information content (AvgIpc) is 3.07. The van der Waals surface area contributed by atoms with Gasteiger partial charge in [-0.2, -0.15) is 0 Å². The fraction of sp³-hybridized carbons (Fsp3) is 0.467. The summed E-state index contributed by atoms with van der Waals surface area (Å²) in [4.78, 5) is 22.1. The molecule has 1 aliphatic rings. The number of rotatable bonds is 6. The van der Waals surface area contributed by atoms with Crippen LogP contribution in [-0.4, -0.2) is 29.2 Å². The van der Waals surface area contributed by atoms with E-state index in [0.29, 0.717) is 18.9 Å². The number of urea groups is 1. The van der Waals surface area contributed by atoms with E-state index in [9.17, 15) is 9.59 Å². The lowest BCUT2D eigenvalue weighted by molar-refractivity contribution is -0.137. The Hall–Kier alpha value is -2.04. The molecule has 0 aromatic heterocycles. The van der Waals surface area contributed by atoms with E-state index in [1.807, 2.05) is 25.1 Å². The van der Waals surface area contributed by atoms with Gasteiger partial charge in [-0.15, -0.1) is 0 Å². The summed E-state index contributed by atoms with van der Waals surface area (Å²) in [5.74, 6) is -0.487. The highest BCUT2D eigenvalue weighted by molar-refractivity contribution is 5.75. The molecule has 2 atom stereocenters. The van der Waals surface area contributed by atoms with Crippen molar-refractivity contribution in [3.63, 3.8) is 0 Å². The molecule has 1 saturated carbocycles. The molecule has 2 amide bonds. The maximum absolute atomic E-state index is 11.8. The van der Waals surface area contributed by atoms with Gasteiger partial charge >= 0.3 is 12.0 Å². The first kappa shape index (κ1) is 14.4. The van der Waals surface area contributed by atoms with Crippen LogP contribution in [0.15, 0.2) is 30.3 Å². The second-order valence-corrected chi connectivity index (χ2v) is 5.46. The Bertz CT molecular complexity index is 489. The summed E-state index contributed by atoms with van der Waals surface area (Å²) >= 11 is 0. The number of amides is 2. The molecule has 0 saturated heterocycles. The van der Waals surface area contributed by atoms with Crippen LogP contribution in [0.25, 0.3) is 0 Å². The van der Waals surface area contributed by atoms with Crippen LogP contribution in [-0.2, 0) is 4.79 Å². The Balaban J connectivity index is 1.74. The number of carboxylic acids is 1. The van der Waals surface area contributed by atoms with E-state index in [4.69, 9.17) is 5.11 Å². The topological polar surface area (TPSA) is 78.4 Å². The fourth-order valence-electron chi connectivity index (χ4n) is 2.42. The molecule has 5 nitrogen and oxygen atoms in total. The minimum Gasteiger partial charge on any atom is -0.481 e. The highest BCUT2D eigenvalue weighted by atomic mass is 16.4. The Morgan fingerprint density at radius 2 is 2.05 bits per heavy atom. The smallest absolute Gasteiger partial charge is 0.315 e. The van der Waals surface area contributed by atoms with E-state index in [1.165, 1.54) is 5.56 Å². The highest BCUT2D eigenvalue weighted by Gasteiger charge is 2.51. The van der Waals surface area contributed by atoms with Crippen LogP contribution in [0.4, 0.5) is 4.79 Å². The van der Waals surface area contributed by atoms with Crippen LogP contribution >= 0.6 is 0 Å². The number of hydrogen-bond acceptors (Lipinski definition) is 2. The predicted octanol–water partition coefficient (Wildman–Crippen LogP) is 2.10. The first-order valence-electron chi connectivity index (χ1n) is 6.84. The number of carboxylic acid groups (broad SMARTS) is 1. The molecule has 1 aromatic rings. The standard InChI is InChI=1S/C15H20N2O3/c1-15(10-12(15)11-6-3-2-4-7-11)17-14(20)16-9-5-8-13(18)19/h2-4,6-7,12H,5,8-10H2,1H3,(H,18,19)(H2,16,17,20)/t12-,15+/m0/s1. The zero-order valence-corrected chi connectivity index (χ0v) is 11.6. The van der Waals surface area contributed by atoms with Crippen molar-refractivity contribution in [2.24, 2.45) is 0 Å². The van der Waals surface area contributed by atoms with Crippen molar-refractivity contribution in [1.29, 1.82) is 0 Å². The molecule has 1 fully saturated rings. The van der Waals surface area contributed by atoms with E-state index in [0.717, 1.165) is 6.42 Å². The van der Waals surface area contributed by atoms with Gasteiger partial charge in [0.2, 0.25) is 0 Å². The normalized spacial score (nSPS) is 23.9. The molecule has 108 valence electrons. The molecule has 2 rings (SSSR count). The molecular weight excluding hydrogens is 256 g/mol. The number of benzene rings is 1. The van der Waals surface area contributed by atoms with Gasteiger partial charge in [0, 0.05) is 24.4 Å². The number of nitrogens with one attached hydrogen (secondary N) is 2. The van der Waals surface area contributed by atoms with Crippen molar-refractivity contribution in [1.82, 2.24) is 10.6 Å². The Morgan fingerprint density at radius 3 is 2.70 bits per heavy atom. The Morgan fingerprint density at radius 1 is 1.35 bits per heavy atom. The summed E-state index contributed by atoms with van der Waals surface area (Å²) < 4.78 is 0. The number of carbonyl (C=O) groups is 2. The molecular formula is C15H20N2O3. The maximum Gasteiger partial charge on any atom is 0.315 e. The third-order valence-corrected chi connectivity index (χ3v) is 3.69. The van der Waals surface area contributed by atoms with E-state index in [1.54, 1.807) is 0 Å². The molecule has 0 unspecified atom stereocenters. The molecule has 3 N–H and O–H groups in total. The van der Waals surface area contributed by atoms with Gasteiger partial charge in [0.15, 0.2) is 0 Å². The zero-order chi connectivity index (χ0) is 14.6. The van der Waals surface area contributed by atoms with Crippen molar-refractivity contribution in [2.45, 2.75) is 37.6 Å². The lowest BCUT2D eigenvalue weighted by Crippen LogP contribution is -2.43. The van der Waals surface area contributed by atoms with E-state index < -0.39 is 5.97 Å². The molecule has 0 heterocycles. The summed E-state index contributed by atoms with van der Waals surface area (Å²) in [5, 5.41) is 14.2. The summed E-state index contributed by atoms with van der Waals surface area (Å²) in [7, 11) is 0. The van der Waals surface area contributed by atoms with Gasteiger partial charge in [-0.05, 0) is 25.3 Å². The second kappa shape index (κ2) is 5.94. The van der Waals surface area contributed by atoms with Crippen LogP contribution in [0.1, 0.15) is 37.7 Å². The summed E-state index contributed by atoms with van der Waals surface area (Å²) in [6.45, 7) is 2.41. The molecule has 1 aromatic carbocycles.